The maximum atomic E-state index is 2.51. The van der Waals surface area contributed by atoms with Gasteiger partial charge in [-0.25, -0.2) is 0 Å². The standard InChI is InChI=1S/C31H21N/c1-31(2)25-13-7-5-11-20(25)22-16-24-28(17-26(22)31)32-27-14-8-6-12-21(27)23-15-18-9-3-4-10-19(18)29(24)30(23)32/h3-17H,1-2H3. The van der Waals surface area contributed by atoms with Crippen LogP contribution in [0.5, 0.6) is 0 Å². The third kappa shape index (κ3) is 1.75. The number of fused-ring (bicyclic) bond motifs is 11. The molecule has 0 unspecified atom stereocenters. The van der Waals surface area contributed by atoms with Gasteiger partial charge in [-0.1, -0.05) is 80.6 Å². The fourth-order valence-electron chi connectivity index (χ4n) is 6.44. The highest BCUT2D eigenvalue weighted by Gasteiger charge is 2.36. The Balaban J connectivity index is 1.70. The monoisotopic (exact) mass is 407 g/mol. The molecular weight excluding hydrogens is 386 g/mol. The SMILES string of the molecule is CC1(C)c2ccccc2-c2cc3c4c5ccccc5cc5c6ccccc6n(c3cc21)c54. The summed E-state index contributed by atoms with van der Waals surface area (Å²) in [5, 5.41) is 8.09. The first-order valence-corrected chi connectivity index (χ1v) is 11.4. The molecule has 0 saturated heterocycles. The first-order chi connectivity index (χ1) is 15.6. The van der Waals surface area contributed by atoms with Gasteiger partial charge in [-0.3, -0.25) is 0 Å². The van der Waals surface area contributed by atoms with Gasteiger partial charge in [0.05, 0.1) is 16.6 Å². The summed E-state index contributed by atoms with van der Waals surface area (Å²) < 4.78 is 2.51. The molecule has 0 atom stereocenters. The molecule has 1 aliphatic rings. The van der Waals surface area contributed by atoms with Crippen molar-refractivity contribution >= 4 is 48.9 Å². The molecule has 1 heteroatoms. The molecule has 2 heterocycles. The number of para-hydroxylation sites is 1. The Kier molecular flexibility index (Phi) is 2.79. The highest BCUT2D eigenvalue weighted by atomic mass is 14.9. The van der Waals surface area contributed by atoms with E-state index >= 15 is 0 Å². The molecule has 8 rings (SSSR count). The van der Waals surface area contributed by atoms with Crippen LogP contribution in [0.4, 0.5) is 0 Å². The summed E-state index contributed by atoms with van der Waals surface area (Å²) in [6, 6.07) is 34.0. The lowest BCUT2D eigenvalue weighted by Gasteiger charge is -2.21. The van der Waals surface area contributed by atoms with Gasteiger partial charge in [0.2, 0.25) is 0 Å². The lowest BCUT2D eigenvalue weighted by Crippen LogP contribution is -2.14. The van der Waals surface area contributed by atoms with Crippen LogP contribution in [0.1, 0.15) is 25.0 Å². The van der Waals surface area contributed by atoms with Crippen molar-refractivity contribution in [1.29, 1.82) is 0 Å². The summed E-state index contributed by atoms with van der Waals surface area (Å²) in [4.78, 5) is 0. The minimum absolute atomic E-state index is 0.000128. The summed E-state index contributed by atoms with van der Waals surface area (Å²) in [5.74, 6) is 0. The van der Waals surface area contributed by atoms with E-state index in [9.17, 15) is 0 Å². The van der Waals surface area contributed by atoms with Gasteiger partial charge in [0, 0.05) is 27.0 Å². The average Bonchev–Trinajstić information content (AvgIpc) is 3.41. The van der Waals surface area contributed by atoms with Crippen LogP contribution in [-0.2, 0) is 5.41 Å². The summed E-state index contributed by atoms with van der Waals surface area (Å²) in [7, 11) is 0. The van der Waals surface area contributed by atoms with Gasteiger partial charge in [-0.15, -0.1) is 0 Å². The van der Waals surface area contributed by atoms with Gasteiger partial charge in [0.25, 0.3) is 0 Å². The van der Waals surface area contributed by atoms with E-state index in [1.807, 2.05) is 0 Å². The molecule has 1 nitrogen and oxygen atoms in total. The van der Waals surface area contributed by atoms with E-state index in [1.165, 1.54) is 71.1 Å². The molecule has 0 spiro atoms. The minimum Gasteiger partial charge on any atom is -0.308 e. The predicted octanol–water partition coefficient (Wildman–Crippen LogP) is 8.30. The summed E-state index contributed by atoms with van der Waals surface area (Å²) >= 11 is 0. The maximum Gasteiger partial charge on any atom is 0.0626 e. The fourth-order valence-corrected chi connectivity index (χ4v) is 6.44. The number of benzene rings is 5. The molecule has 2 aromatic heterocycles. The lowest BCUT2D eigenvalue weighted by molar-refractivity contribution is 0.661. The van der Waals surface area contributed by atoms with Crippen LogP contribution in [0.15, 0.2) is 91.0 Å². The molecule has 0 bridgehead atoms. The Hall–Kier alpha value is -3.84. The van der Waals surface area contributed by atoms with Crippen molar-refractivity contribution in [3.63, 3.8) is 0 Å². The van der Waals surface area contributed by atoms with E-state index in [2.05, 4.69) is 109 Å². The van der Waals surface area contributed by atoms with E-state index in [1.54, 1.807) is 0 Å². The van der Waals surface area contributed by atoms with Crippen LogP contribution in [0.2, 0.25) is 0 Å². The second-order valence-corrected chi connectivity index (χ2v) is 9.81. The van der Waals surface area contributed by atoms with Gasteiger partial charge in [0.1, 0.15) is 0 Å². The zero-order valence-corrected chi connectivity index (χ0v) is 18.1. The normalized spacial score (nSPS) is 14.8. The molecule has 0 radical (unpaired) electrons. The Bertz CT molecular complexity index is 1900. The summed E-state index contributed by atoms with van der Waals surface area (Å²) in [6.45, 7) is 4.73. The molecule has 0 fully saturated rings. The summed E-state index contributed by atoms with van der Waals surface area (Å²) in [5.41, 5.74) is 9.61. The van der Waals surface area contributed by atoms with Gasteiger partial charge < -0.3 is 4.40 Å². The molecule has 7 aromatic rings. The first-order valence-electron chi connectivity index (χ1n) is 11.4. The van der Waals surface area contributed by atoms with E-state index < -0.39 is 0 Å². The Morgan fingerprint density at radius 1 is 0.562 bits per heavy atom. The van der Waals surface area contributed by atoms with E-state index in [0.717, 1.165) is 0 Å². The number of rotatable bonds is 0. The predicted molar refractivity (Wildman–Crippen MR) is 136 cm³/mol. The Morgan fingerprint density at radius 2 is 1.31 bits per heavy atom. The van der Waals surface area contributed by atoms with Crippen molar-refractivity contribution in [3.05, 3.63) is 102 Å². The van der Waals surface area contributed by atoms with Crippen LogP contribution in [0.25, 0.3) is 60.0 Å². The van der Waals surface area contributed by atoms with Gasteiger partial charge in [-0.2, -0.15) is 0 Å². The van der Waals surface area contributed by atoms with Crippen molar-refractivity contribution < 1.29 is 0 Å². The molecule has 5 aromatic carbocycles. The first kappa shape index (κ1) is 16.8. The quantitative estimate of drug-likeness (QED) is 0.238. The van der Waals surface area contributed by atoms with Crippen LogP contribution in [0.3, 0.4) is 0 Å². The molecule has 1 aliphatic carbocycles. The van der Waals surface area contributed by atoms with Crippen molar-refractivity contribution in [1.82, 2.24) is 4.40 Å². The van der Waals surface area contributed by atoms with Crippen LogP contribution < -0.4 is 0 Å². The average molecular weight is 408 g/mol. The molecule has 32 heavy (non-hydrogen) atoms. The molecule has 0 amide bonds. The minimum atomic E-state index is -0.000128. The number of nitrogens with zero attached hydrogens (tertiary/aromatic N) is 1. The third-order valence-corrected chi connectivity index (χ3v) is 7.89. The molecule has 0 N–H and O–H groups in total. The molecule has 150 valence electrons. The highest BCUT2D eigenvalue weighted by Crippen LogP contribution is 2.52. The van der Waals surface area contributed by atoms with Crippen molar-refractivity contribution in [3.8, 4) is 11.1 Å². The lowest BCUT2D eigenvalue weighted by atomic mass is 9.82. The maximum absolute atomic E-state index is 2.51. The van der Waals surface area contributed by atoms with E-state index in [0.29, 0.717) is 0 Å². The topological polar surface area (TPSA) is 4.41 Å². The molecule has 0 saturated carbocycles. The number of aromatic nitrogens is 1. The second kappa shape index (κ2) is 5.31. The Labute approximate surface area is 185 Å². The van der Waals surface area contributed by atoms with Crippen molar-refractivity contribution in [2.75, 3.05) is 0 Å². The van der Waals surface area contributed by atoms with Crippen LogP contribution in [-0.4, -0.2) is 4.40 Å². The van der Waals surface area contributed by atoms with Crippen molar-refractivity contribution in [2.45, 2.75) is 19.3 Å². The number of hydrogen-bond donors (Lipinski definition) is 0. The highest BCUT2D eigenvalue weighted by molar-refractivity contribution is 6.31. The second-order valence-electron chi connectivity index (χ2n) is 9.81. The zero-order chi connectivity index (χ0) is 21.2. The fraction of sp³-hybridized carbons (Fsp3) is 0.0968. The zero-order valence-electron chi connectivity index (χ0n) is 18.1. The Morgan fingerprint density at radius 3 is 2.22 bits per heavy atom. The van der Waals surface area contributed by atoms with Crippen molar-refractivity contribution in [2.24, 2.45) is 0 Å². The van der Waals surface area contributed by atoms with E-state index in [4.69, 9.17) is 0 Å². The number of hydrogen-bond acceptors (Lipinski definition) is 0. The molecule has 0 aliphatic heterocycles. The van der Waals surface area contributed by atoms with Crippen LogP contribution >= 0.6 is 0 Å². The van der Waals surface area contributed by atoms with Gasteiger partial charge in [-0.05, 0) is 57.3 Å². The largest absolute Gasteiger partial charge is 0.308 e. The smallest absolute Gasteiger partial charge is 0.0626 e. The third-order valence-electron chi connectivity index (χ3n) is 7.89. The summed E-state index contributed by atoms with van der Waals surface area (Å²) in [6.07, 6.45) is 0. The molecular formula is C31H21N. The van der Waals surface area contributed by atoms with E-state index in [-0.39, 0.29) is 5.41 Å². The van der Waals surface area contributed by atoms with Gasteiger partial charge >= 0.3 is 0 Å². The van der Waals surface area contributed by atoms with Gasteiger partial charge in [0.15, 0.2) is 0 Å². The van der Waals surface area contributed by atoms with Crippen LogP contribution in [0, 0.1) is 0 Å².